The molecule has 4 aromatic rings. The zero-order valence-corrected chi connectivity index (χ0v) is 14.3. The largest absolute Gasteiger partial charge is 0.311 e. The van der Waals surface area contributed by atoms with Gasteiger partial charge in [0.1, 0.15) is 0 Å². The van der Waals surface area contributed by atoms with Crippen LogP contribution < -0.4 is 5.43 Å². The van der Waals surface area contributed by atoms with Gasteiger partial charge in [-0.2, -0.15) is 10.1 Å². The van der Waals surface area contributed by atoms with Gasteiger partial charge in [0.2, 0.25) is 5.82 Å². The summed E-state index contributed by atoms with van der Waals surface area (Å²) in [6.07, 6.45) is 1.59. The van der Waals surface area contributed by atoms with Crippen molar-refractivity contribution in [2.24, 2.45) is 5.10 Å². The summed E-state index contributed by atoms with van der Waals surface area (Å²) in [6, 6.07) is 15.9. The van der Waals surface area contributed by atoms with Crippen LogP contribution in [0.4, 0.5) is 0 Å². The van der Waals surface area contributed by atoms with E-state index in [0.29, 0.717) is 5.78 Å². The lowest BCUT2D eigenvalue weighted by atomic mass is 10.1. The molecule has 0 saturated heterocycles. The predicted octanol–water partition coefficient (Wildman–Crippen LogP) is 2.66. The van der Waals surface area contributed by atoms with Crippen LogP contribution in [0.15, 0.2) is 53.6 Å². The molecule has 0 aliphatic carbocycles. The minimum absolute atomic E-state index is 0.0295. The Kier molecular flexibility index (Phi) is 3.89. The Labute approximate surface area is 149 Å². The van der Waals surface area contributed by atoms with Crippen molar-refractivity contribution in [2.75, 3.05) is 0 Å². The van der Waals surface area contributed by atoms with Crippen molar-refractivity contribution in [3.63, 3.8) is 0 Å². The van der Waals surface area contributed by atoms with Crippen LogP contribution in [-0.2, 0) is 0 Å². The van der Waals surface area contributed by atoms with E-state index >= 15 is 0 Å². The fourth-order valence-electron chi connectivity index (χ4n) is 2.77. The van der Waals surface area contributed by atoms with Crippen LogP contribution in [0.2, 0.25) is 0 Å². The van der Waals surface area contributed by atoms with E-state index in [1.807, 2.05) is 62.4 Å². The van der Waals surface area contributed by atoms with E-state index in [-0.39, 0.29) is 5.82 Å². The highest BCUT2D eigenvalue weighted by atomic mass is 16.2. The number of aryl methyl sites for hydroxylation is 2. The molecular weight excluding hydrogens is 328 g/mol. The molecule has 1 N–H and O–H groups in total. The zero-order chi connectivity index (χ0) is 18.1. The second-order valence-corrected chi connectivity index (χ2v) is 5.99. The van der Waals surface area contributed by atoms with Gasteiger partial charge in [0, 0.05) is 11.4 Å². The Morgan fingerprint density at radius 1 is 1.08 bits per heavy atom. The average molecular weight is 344 g/mol. The van der Waals surface area contributed by atoms with Gasteiger partial charge in [0.05, 0.1) is 6.21 Å². The van der Waals surface area contributed by atoms with Crippen LogP contribution in [0.5, 0.6) is 0 Å². The van der Waals surface area contributed by atoms with E-state index in [1.165, 1.54) is 4.52 Å². The first-order chi connectivity index (χ1) is 12.6. The van der Waals surface area contributed by atoms with Gasteiger partial charge in [0.15, 0.2) is 0 Å². The molecule has 0 spiro atoms. The molecule has 2 aromatic carbocycles. The highest BCUT2D eigenvalue weighted by molar-refractivity contribution is 5.93. The van der Waals surface area contributed by atoms with Crippen molar-refractivity contribution in [3.8, 4) is 0 Å². The summed E-state index contributed by atoms with van der Waals surface area (Å²) in [4.78, 5) is 20.6. The Morgan fingerprint density at radius 2 is 1.88 bits per heavy atom. The first kappa shape index (κ1) is 15.9. The number of nitrogens with one attached hydrogen (secondary N) is 1. The lowest BCUT2D eigenvalue weighted by Gasteiger charge is -1.99. The molecule has 0 aliphatic rings. The zero-order valence-electron chi connectivity index (χ0n) is 14.3. The molecule has 26 heavy (non-hydrogen) atoms. The Morgan fingerprint density at radius 3 is 2.73 bits per heavy atom. The summed E-state index contributed by atoms with van der Waals surface area (Å²) >= 11 is 0. The van der Waals surface area contributed by atoms with E-state index in [0.717, 1.165) is 27.7 Å². The minimum atomic E-state index is -0.482. The number of hydrazone groups is 1. The Bertz CT molecular complexity index is 1160. The van der Waals surface area contributed by atoms with Crippen molar-refractivity contribution in [1.82, 2.24) is 25.0 Å². The van der Waals surface area contributed by atoms with E-state index in [1.54, 1.807) is 6.21 Å². The van der Waals surface area contributed by atoms with Crippen LogP contribution in [0.1, 0.15) is 27.6 Å². The summed E-state index contributed by atoms with van der Waals surface area (Å²) in [5.74, 6) is -0.0578. The van der Waals surface area contributed by atoms with Gasteiger partial charge < -0.3 is 0 Å². The molecule has 0 aliphatic heterocycles. The number of fused-ring (bicyclic) bond motifs is 2. The van der Waals surface area contributed by atoms with Gasteiger partial charge in [0.25, 0.3) is 5.78 Å². The fraction of sp³-hybridized carbons (Fsp3) is 0.105. The summed E-state index contributed by atoms with van der Waals surface area (Å²) < 4.78 is 1.54. The van der Waals surface area contributed by atoms with Gasteiger partial charge in [-0.1, -0.05) is 36.4 Å². The van der Waals surface area contributed by atoms with E-state index in [9.17, 15) is 4.79 Å². The fourth-order valence-corrected chi connectivity index (χ4v) is 2.77. The number of amides is 1. The number of carbonyl (C=O) groups is 1. The first-order valence-corrected chi connectivity index (χ1v) is 8.13. The summed E-state index contributed by atoms with van der Waals surface area (Å²) in [5, 5.41) is 10.4. The van der Waals surface area contributed by atoms with Crippen molar-refractivity contribution < 1.29 is 4.79 Å². The topological polar surface area (TPSA) is 84.5 Å². The maximum absolute atomic E-state index is 12.2. The Balaban J connectivity index is 1.52. The van der Waals surface area contributed by atoms with Gasteiger partial charge in [-0.15, -0.1) is 5.10 Å². The van der Waals surface area contributed by atoms with Crippen LogP contribution in [0.25, 0.3) is 16.6 Å². The molecule has 1 amide bonds. The van der Waals surface area contributed by atoms with Crippen molar-refractivity contribution in [3.05, 3.63) is 71.3 Å². The average Bonchev–Trinajstić information content (AvgIpc) is 3.06. The molecule has 2 heterocycles. The monoisotopic (exact) mass is 344 g/mol. The quantitative estimate of drug-likeness (QED) is 0.457. The Hall–Kier alpha value is -3.61. The number of aromatic nitrogens is 4. The molecule has 0 atom stereocenters. The maximum atomic E-state index is 12.2. The number of hydrogen-bond acceptors (Lipinski definition) is 5. The normalized spacial score (nSPS) is 11.5. The number of benzene rings is 2. The minimum Gasteiger partial charge on any atom is -0.264 e. The lowest BCUT2D eigenvalue weighted by Crippen LogP contribution is -2.19. The molecular formula is C19H16N6O. The number of hydrogen-bond donors (Lipinski definition) is 1. The molecule has 0 unspecified atom stereocenters. The third kappa shape index (κ3) is 3.02. The molecule has 7 nitrogen and oxygen atoms in total. The standard InChI is InChI=1S/C19H16N6O/c1-12-9-13(2)25-19(21-12)22-17(24-25)18(26)23-20-11-14-7-8-15-5-3-4-6-16(15)10-14/h3-11H,1-2H3,(H,23,26)/b20-11+. The first-order valence-electron chi connectivity index (χ1n) is 8.13. The van der Waals surface area contributed by atoms with E-state index in [4.69, 9.17) is 0 Å². The van der Waals surface area contributed by atoms with Crippen LogP contribution in [-0.4, -0.2) is 31.7 Å². The van der Waals surface area contributed by atoms with Crippen molar-refractivity contribution in [1.29, 1.82) is 0 Å². The van der Waals surface area contributed by atoms with Crippen LogP contribution in [0.3, 0.4) is 0 Å². The molecule has 2 aromatic heterocycles. The second-order valence-electron chi connectivity index (χ2n) is 5.99. The van der Waals surface area contributed by atoms with Crippen molar-refractivity contribution >= 4 is 28.7 Å². The molecule has 0 fully saturated rings. The third-order valence-corrected chi connectivity index (χ3v) is 3.97. The maximum Gasteiger partial charge on any atom is 0.311 e. The summed E-state index contributed by atoms with van der Waals surface area (Å²) in [5.41, 5.74) is 5.03. The van der Waals surface area contributed by atoms with E-state index < -0.39 is 5.91 Å². The molecule has 0 bridgehead atoms. The highest BCUT2D eigenvalue weighted by Gasteiger charge is 2.14. The molecule has 4 rings (SSSR count). The van der Waals surface area contributed by atoms with Gasteiger partial charge in [-0.3, -0.25) is 4.79 Å². The van der Waals surface area contributed by atoms with Crippen LogP contribution in [0, 0.1) is 13.8 Å². The highest BCUT2D eigenvalue weighted by Crippen LogP contribution is 2.14. The lowest BCUT2D eigenvalue weighted by molar-refractivity contribution is 0.0945. The predicted molar refractivity (Wildman–Crippen MR) is 99.3 cm³/mol. The van der Waals surface area contributed by atoms with E-state index in [2.05, 4.69) is 25.6 Å². The molecule has 0 saturated carbocycles. The molecule has 128 valence electrons. The van der Waals surface area contributed by atoms with Gasteiger partial charge >= 0.3 is 5.91 Å². The molecule has 0 radical (unpaired) electrons. The summed E-state index contributed by atoms with van der Waals surface area (Å²) in [7, 11) is 0. The smallest absolute Gasteiger partial charge is 0.264 e. The van der Waals surface area contributed by atoms with Crippen molar-refractivity contribution in [2.45, 2.75) is 13.8 Å². The summed E-state index contributed by atoms with van der Waals surface area (Å²) in [6.45, 7) is 3.76. The number of carbonyl (C=O) groups excluding carboxylic acids is 1. The number of nitrogens with zero attached hydrogens (tertiary/aromatic N) is 5. The van der Waals surface area contributed by atoms with Gasteiger partial charge in [-0.25, -0.2) is 14.9 Å². The van der Waals surface area contributed by atoms with Gasteiger partial charge in [-0.05, 0) is 42.3 Å². The SMILES string of the molecule is Cc1cc(C)n2nc(C(=O)N/N=C/c3ccc4ccccc4c3)nc2n1. The second kappa shape index (κ2) is 6.36. The number of rotatable bonds is 3. The van der Waals surface area contributed by atoms with Crippen LogP contribution >= 0.6 is 0 Å². The third-order valence-electron chi connectivity index (χ3n) is 3.97. The molecule has 7 heteroatoms.